The average Bonchev–Trinajstić information content (AvgIpc) is 2.79. The lowest BCUT2D eigenvalue weighted by molar-refractivity contribution is -0.738. The first-order valence-electron chi connectivity index (χ1n) is 9.43. The topological polar surface area (TPSA) is 54.0 Å². The first-order valence-corrected chi connectivity index (χ1v) is 9.43. The zero-order valence-corrected chi connectivity index (χ0v) is 14.0. The minimum Gasteiger partial charge on any atom is -0.340 e. The Morgan fingerprint density at radius 1 is 0.917 bits per heavy atom. The summed E-state index contributed by atoms with van der Waals surface area (Å²) in [4.78, 5) is 26.4. The largest absolute Gasteiger partial charge is 0.340 e. The molecule has 4 aliphatic carbocycles. The second-order valence-corrected chi connectivity index (χ2v) is 8.58. The molecule has 0 spiro atoms. The normalized spacial score (nSPS) is 36.5. The molecule has 1 aliphatic heterocycles. The lowest BCUT2D eigenvalue weighted by Crippen LogP contribution is -2.99. The molecule has 0 atom stereocenters. The second kappa shape index (κ2) is 5.16. The minimum absolute atomic E-state index is 0.116. The first kappa shape index (κ1) is 14.6. The molecule has 0 radical (unpaired) electrons. The molecule has 1 heterocycles. The Labute approximate surface area is 142 Å². The first-order chi connectivity index (χ1) is 11.6. The van der Waals surface area contributed by atoms with Gasteiger partial charge >= 0.3 is 0 Å². The van der Waals surface area contributed by atoms with Crippen LogP contribution in [-0.2, 0) is 0 Å². The molecule has 0 aromatic heterocycles. The van der Waals surface area contributed by atoms with E-state index in [1.54, 1.807) is 12.1 Å². The van der Waals surface area contributed by atoms with Gasteiger partial charge in [0.05, 0.1) is 29.8 Å². The zero-order chi connectivity index (χ0) is 16.3. The highest BCUT2D eigenvalue weighted by atomic mass is 16.2. The van der Waals surface area contributed by atoms with E-state index in [2.05, 4.69) is 5.32 Å². The highest BCUT2D eigenvalue weighted by molar-refractivity contribution is 6.21. The fraction of sp³-hybridized carbons (Fsp3) is 0.600. The standard InChI is InChI=1S/C20H24N2O2/c23-18-16-3-1-2-4-17(16)19(24)22(18)6-5-21-20-10-13-7-14(11-20)9-15(8-13)12-20/h1-4,13-15,21H,5-12H2/p+1. The number of imide groups is 1. The number of rotatable bonds is 4. The van der Waals surface area contributed by atoms with Crippen LogP contribution in [0.3, 0.4) is 0 Å². The van der Waals surface area contributed by atoms with E-state index in [-0.39, 0.29) is 11.8 Å². The van der Waals surface area contributed by atoms with Crippen molar-refractivity contribution in [1.82, 2.24) is 4.90 Å². The van der Waals surface area contributed by atoms with Gasteiger partial charge in [0.25, 0.3) is 11.8 Å². The van der Waals surface area contributed by atoms with Gasteiger partial charge in [-0.2, -0.15) is 0 Å². The van der Waals surface area contributed by atoms with Crippen molar-refractivity contribution in [2.75, 3.05) is 13.1 Å². The number of fused-ring (bicyclic) bond motifs is 1. The Balaban J connectivity index is 1.25. The van der Waals surface area contributed by atoms with Gasteiger partial charge in [0, 0.05) is 19.3 Å². The van der Waals surface area contributed by atoms with Gasteiger partial charge < -0.3 is 5.32 Å². The molecule has 4 nitrogen and oxygen atoms in total. The van der Waals surface area contributed by atoms with Crippen LogP contribution in [0.25, 0.3) is 0 Å². The maximum Gasteiger partial charge on any atom is 0.261 e. The predicted octanol–water partition coefficient (Wildman–Crippen LogP) is 1.81. The lowest BCUT2D eigenvalue weighted by atomic mass is 9.53. The van der Waals surface area contributed by atoms with Crippen LogP contribution in [-0.4, -0.2) is 35.3 Å². The molecule has 4 bridgehead atoms. The Kier molecular flexibility index (Phi) is 3.15. The molecular weight excluding hydrogens is 300 g/mol. The van der Waals surface area contributed by atoms with Crippen LogP contribution in [0.15, 0.2) is 24.3 Å². The van der Waals surface area contributed by atoms with Gasteiger partial charge in [0.2, 0.25) is 0 Å². The monoisotopic (exact) mass is 325 g/mol. The van der Waals surface area contributed by atoms with Crippen molar-refractivity contribution < 1.29 is 14.9 Å². The molecule has 1 aromatic carbocycles. The third-order valence-corrected chi connectivity index (χ3v) is 6.89. The summed E-state index contributed by atoms with van der Waals surface area (Å²) in [6, 6.07) is 7.18. The lowest BCUT2D eigenvalue weighted by Gasteiger charge is -2.54. The molecule has 1 aromatic rings. The fourth-order valence-corrected chi connectivity index (χ4v) is 6.37. The van der Waals surface area contributed by atoms with Crippen LogP contribution in [0.1, 0.15) is 59.2 Å². The smallest absolute Gasteiger partial charge is 0.261 e. The number of nitrogens with two attached hydrogens (primary N) is 1. The molecule has 6 rings (SSSR count). The van der Waals surface area contributed by atoms with Gasteiger partial charge in [-0.25, -0.2) is 0 Å². The summed E-state index contributed by atoms with van der Waals surface area (Å²) in [6.07, 6.45) is 8.39. The van der Waals surface area contributed by atoms with Gasteiger partial charge in [-0.3, -0.25) is 14.5 Å². The van der Waals surface area contributed by atoms with Crippen molar-refractivity contribution in [3.05, 3.63) is 35.4 Å². The summed E-state index contributed by atoms with van der Waals surface area (Å²) in [5, 5.41) is 2.49. The van der Waals surface area contributed by atoms with Crippen molar-refractivity contribution in [2.45, 2.75) is 44.1 Å². The van der Waals surface area contributed by atoms with Crippen LogP contribution in [0.2, 0.25) is 0 Å². The maximum atomic E-state index is 12.5. The second-order valence-electron chi connectivity index (χ2n) is 8.58. The molecule has 4 heteroatoms. The quantitative estimate of drug-likeness (QED) is 0.859. The number of quaternary nitrogens is 1. The van der Waals surface area contributed by atoms with Gasteiger partial charge in [0.1, 0.15) is 0 Å². The summed E-state index contributed by atoms with van der Waals surface area (Å²) in [7, 11) is 0. The van der Waals surface area contributed by atoms with E-state index in [0.29, 0.717) is 23.2 Å². The van der Waals surface area contributed by atoms with Crippen LogP contribution >= 0.6 is 0 Å². The van der Waals surface area contributed by atoms with Crippen molar-refractivity contribution >= 4 is 11.8 Å². The van der Waals surface area contributed by atoms with E-state index in [1.807, 2.05) is 12.1 Å². The summed E-state index contributed by atoms with van der Waals surface area (Å²) >= 11 is 0. The molecule has 126 valence electrons. The van der Waals surface area contributed by atoms with E-state index < -0.39 is 0 Å². The number of carbonyl (C=O) groups excluding carboxylic acids is 2. The van der Waals surface area contributed by atoms with Crippen molar-refractivity contribution in [2.24, 2.45) is 17.8 Å². The van der Waals surface area contributed by atoms with E-state index in [4.69, 9.17) is 0 Å². The highest BCUT2D eigenvalue weighted by Crippen LogP contribution is 2.54. The van der Waals surface area contributed by atoms with Crippen molar-refractivity contribution in [3.63, 3.8) is 0 Å². The van der Waals surface area contributed by atoms with E-state index in [9.17, 15) is 9.59 Å². The average molecular weight is 325 g/mol. The summed E-state index contributed by atoms with van der Waals surface area (Å²) in [5.74, 6) is 2.58. The fourth-order valence-electron chi connectivity index (χ4n) is 6.37. The molecule has 24 heavy (non-hydrogen) atoms. The molecular formula is C20H25N2O2+. The molecule has 5 aliphatic rings. The Bertz CT molecular complexity index is 641. The predicted molar refractivity (Wildman–Crippen MR) is 89.5 cm³/mol. The van der Waals surface area contributed by atoms with Crippen molar-refractivity contribution in [1.29, 1.82) is 0 Å². The minimum atomic E-state index is -0.116. The van der Waals surface area contributed by atoms with Gasteiger partial charge in [-0.1, -0.05) is 12.1 Å². The Morgan fingerprint density at radius 3 is 1.92 bits per heavy atom. The Hall–Kier alpha value is -1.68. The number of nitrogens with zero attached hydrogens (tertiary/aromatic N) is 1. The molecule has 0 saturated heterocycles. The van der Waals surface area contributed by atoms with Crippen molar-refractivity contribution in [3.8, 4) is 0 Å². The van der Waals surface area contributed by atoms with Crippen LogP contribution in [0.4, 0.5) is 0 Å². The number of carbonyl (C=O) groups is 2. The van der Waals surface area contributed by atoms with Gasteiger partial charge in [-0.15, -0.1) is 0 Å². The van der Waals surface area contributed by atoms with Crippen LogP contribution < -0.4 is 5.32 Å². The maximum absolute atomic E-state index is 12.5. The highest BCUT2D eigenvalue weighted by Gasteiger charge is 2.53. The van der Waals surface area contributed by atoms with Gasteiger partial charge in [-0.05, 0) is 49.1 Å². The molecule has 4 saturated carbocycles. The van der Waals surface area contributed by atoms with E-state index in [0.717, 1.165) is 24.3 Å². The number of hydrogen-bond acceptors (Lipinski definition) is 2. The summed E-state index contributed by atoms with van der Waals surface area (Å²) < 4.78 is 0. The summed E-state index contributed by atoms with van der Waals surface area (Å²) in [6.45, 7) is 1.38. The molecule has 2 N–H and O–H groups in total. The summed E-state index contributed by atoms with van der Waals surface area (Å²) in [5.41, 5.74) is 1.54. The third-order valence-electron chi connectivity index (χ3n) is 6.89. The zero-order valence-electron chi connectivity index (χ0n) is 14.0. The Morgan fingerprint density at radius 2 is 1.42 bits per heavy atom. The van der Waals surface area contributed by atoms with E-state index in [1.165, 1.54) is 43.4 Å². The third kappa shape index (κ3) is 2.16. The molecule has 2 amide bonds. The van der Waals surface area contributed by atoms with Crippen LogP contribution in [0, 0.1) is 17.8 Å². The SMILES string of the molecule is O=C1c2ccccc2C(=O)N1CC[NH2+]C12CC3CC(CC(C3)C1)C2. The van der Waals surface area contributed by atoms with E-state index >= 15 is 0 Å². The molecule has 4 fully saturated rings. The van der Waals surface area contributed by atoms with Crippen LogP contribution in [0.5, 0.6) is 0 Å². The van der Waals surface area contributed by atoms with Gasteiger partial charge in [0.15, 0.2) is 0 Å². The number of amides is 2. The number of benzene rings is 1. The molecule has 0 unspecified atom stereocenters. The number of hydrogen-bond donors (Lipinski definition) is 1.